The van der Waals surface area contributed by atoms with Crippen LogP contribution in [-0.2, 0) is 0 Å². The minimum atomic E-state index is 0.126. The minimum Gasteiger partial charge on any atom is -0.494 e. The number of ether oxygens (including phenoxy) is 1. The molecule has 15 heavy (non-hydrogen) atoms. The van der Waals surface area contributed by atoms with Crippen molar-refractivity contribution in [3.05, 3.63) is 27.7 Å². The molecule has 0 radical (unpaired) electrons. The lowest BCUT2D eigenvalue weighted by Gasteiger charge is -2.07. The van der Waals surface area contributed by atoms with Crippen LogP contribution < -0.4 is 4.74 Å². The molecule has 0 bridgehead atoms. The lowest BCUT2D eigenvalue weighted by molar-refractivity contribution is 0.0967. The number of ketones is 1. The molecule has 0 saturated heterocycles. The Labute approximate surface area is 98.1 Å². The fourth-order valence-corrected chi connectivity index (χ4v) is 2.12. The zero-order valence-corrected chi connectivity index (χ0v) is 9.73. The van der Waals surface area contributed by atoms with Gasteiger partial charge in [-0.05, 0) is 25.0 Å². The highest BCUT2D eigenvalue weighted by Crippen LogP contribution is 2.38. The maximum absolute atomic E-state index is 11.8. The predicted molar refractivity (Wildman–Crippen MR) is 60.1 cm³/mol. The van der Waals surface area contributed by atoms with Crippen molar-refractivity contribution in [3.8, 4) is 5.75 Å². The van der Waals surface area contributed by atoms with Crippen molar-refractivity contribution >= 4 is 29.0 Å². The Morgan fingerprint density at radius 2 is 1.87 bits per heavy atom. The van der Waals surface area contributed by atoms with Gasteiger partial charge < -0.3 is 4.74 Å². The highest BCUT2D eigenvalue weighted by molar-refractivity contribution is 6.37. The molecule has 1 fully saturated rings. The van der Waals surface area contributed by atoms with Crippen molar-refractivity contribution < 1.29 is 9.53 Å². The smallest absolute Gasteiger partial charge is 0.166 e. The number of carbonyl (C=O) groups is 1. The van der Waals surface area contributed by atoms with Crippen molar-refractivity contribution in [2.75, 3.05) is 7.11 Å². The molecule has 1 aliphatic rings. The summed E-state index contributed by atoms with van der Waals surface area (Å²) in [5.41, 5.74) is 0.577. The van der Waals surface area contributed by atoms with Crippen molar-refractivity contribution in [1.82, 2.24) is 0 Å². The fraction of sp³-hybridized carbons (Fsp3) is 0.364. The van der Waals surface area contributed by atoms with Crippen LogP contribution in [0.5, 0.6) is 5.75 Å². The maximum Gasteiger partial charge on any atom is 0.166 e. The first-order chi connectivity index (χ1) is 7.13. The minimum absolute atomic E-state index is 0.126. The molecule has 0 heterocycles. The van der Waals surface area contributed by atoms with Crippen LogP contribution in [0.3, 0.4) is 0 Å². The molecule has 1 aliphatic carbocycles. The lowest BCUT2D eigenvalue weighted by Crippen LogP contribution is -2.01. The van der Waals surface area contributed by atoms with E-state index in [2.05, 4.69) is 0 Å². The topological polar surface area (TPSA) is 26.3 Å². The largest absolute Gasteiger partial charge is 0.494 e. The molecule has 0 spiro atoms. The Balaban J connectivity index is 2.37. The first-order valence-corrected chi connectivity index (χ1v) is 5.46. The van der Waals surface area contributed by atoms with E-state index in [4.69, 9.17) is 27.9 Å². The Hall–Kier alpha value is -0.730. The molecule has 2 rings (SSSR count). The Morgan fingerprint density at radius 3 is 2.27 bits per heavy atom. The Morgan fingerprint density at radius 1 is 1.33 bits per heavy atom. The predicted octanol–water partition coefficient (Wildman–Crippen LogP) is 3.59. The monoisotopic (exact) mass is 244 g/mol. The molecule has 2 nitrogen and oxygen atoms in total. The van der Waals surface area contributed by atoms with Gasteiger partial charge in [0.2, 0.25) is 0 Å². The first-order valence-electron chi connectivity index (χ1n) is 4.70. The first kappa shape index (κ1) is 10.8. The van der Waals surface area contributed by atoms with E-state index in [0.717, 1.165) is 12.8 Å². The van der Waals surface area contributed by atoms with Gasteiger partial charge in [0.15, 0.2) is 11.5 Å². The SMILES string of the molecule is COc1c(Cl)cc(C(=O)C2CC2)cc1Cl. The summed E-state index contributed by atoms with van der Waals surface area (Å²) in [7, 11) is 1.50. The number of hydrogen-bond donors (Lipinski definition) is 0. The summed E-state index contributed by atoms with van der Waals surface area (Å²) in [4.78, 5) is 11.8. The zero-order chi connectivity index (χ0) is 11.0. The van der Waals surface area contributed by atoms with E-state index in [1.54, 1.807) is 12.1 Å². The van der Waals surface area contributed by atoms with Gasteiger partial charge in [-0.2, -0.15) is 0 Å². The second kappa shape index (κ2) is 4.03. The van der Waals surface area contributed by atoms with Crippen LogP contribution in [0.1, 0.15) is 23.2 Å². The van der Waals surface area contributed by atoms with Crippen LogP contribution in [0.4, 0.5) is 0 Å². The number of Topliss-reactive ketones (excluding diaryl/α,β-unsaturated/α-hetero) is 1. The van der Waals surface area contributed by atoms with Crippen LogP contribution in [0, 0.1) is 5.92 Å². The van der Waals surface area contributed by atoms with Gasteiger partial charge in [0, 0.05) is 11.5 Å². The number of rotatable bonds is 3. The summed E-state index contributed by atoms with van der Waals surface area (Å²) in [5.74, 6) is 0.720. The number of benzene rings is 1. The van der Waals surface area contributed by atoms with Gasteiger partial charge in [-0.1, -0.05) is 23.2 Å². The molecule has 0 atom stereocenters. The number of carbonyl (C=O) groups excluding carboxylic acids is 1. The van der Waals surface area contributed by atoms with Crippen LogP contribution >= 0.6 is 23.2 Å². The second-order valence-corrected chi connectivity index (χ2v) is 4.43. The molecule has 0 aliphatic heterocycles. The van der Waals surface area contributed by atoms with Crippen molar-refractivity contribution in [1.29, 1.82) is 0 Å². The van der Waals surface area contributed by atoms with Gasteiger partial charge in [0.1, 0.15) is 0 Å². The molecule has 4 heteroatoms. The average molecular weight is 245 g/mol. The third-order valence-corrected chi connectivity index (χ3v) is 3.00. The standard InChI is InChI=1S/C11H10Cl2O2/c1-15-11-8(12)4-7(5-9(11)13)10(14)6-2-3-6/h4-6H,2-3H2,1H3. The van der Waals surface area contributed by atoms with E-state index in [9.17, 15) is 4.79 Å². The summed E-state index contributed by atoms with van der Waals surface area (Å²) < 4.78 is 5.01. The van der Waals surface area contributed by atoms with Gasteiger partial charge in [-0.3, -0.25) is 4.79 Å². The zero-order valence-electron chi connectivity index (χ0n) is 8.22. The third kappa shape index (κ3) is 2.11. The molecule has 1 saturated carbocycles. The van der Waals surface area contributed by atoms with E-state index in [1.165, 1.54) is 7.11 Å². The summed E-state index contributed by atoms with van der Waals surface area (Å²) in [6, 6.07) is 3.24. The van der Waals surface area contributed by atoms with E-state index < -0.39 is 0 Å². The number of hydrogen-bond acceptors (Lipinski definition) is 2. The molecule has 1 aromatic rings. The lowest BCUT2D eigenvalue weighted by atomic mass is 10.1. The van der Waals surface area contributed by atoms with Gasteiger partial charge in [0.05, 0.1) is 17.2 Å². The molecule has 80 valence electrons. The maximum atomic E-state index is 11.8. The average Bonchev–Trinajstić information content (AvgIpc) is 2.99. The van der Waals surface area contributed by atoms with E-state index >= 15 is 0 Å². The number of halogens is 2. The highest BCUT2D eigenvalue weighted by atomic mass is 35.5. The van der Waals surface area contributed by atoms with Gasteiger partial charge in [-0.25, -0.2) is 0 Å². The van der Waals surface area contributed by atoms with Gasteiger partial charge in [0.25, 0.3) is 0 Å². The molecule has 0 N–H and O–H groups in total. The van der Waals surface area contributed by atoms with E-state index in [-0.39, 0.29) is 11.7 Å². The van der Waals surface area contributed by atoms with Crippen LogP contribution in [-0.4, -0.2) is 12.9 Å². The molecule has 0 aromatic heterocycles. The summed E-state index contributed by atoms with van der Waals surface area (Å²) >= 11 is 11.9. The van der Waals surface area contributed by atoms with Gasteiger partial charge >= 0.3 is 0 Å². The van der Waals surface area contributed by atoms with E-state index in [1.807, 2.05) is 0 Å². The Bertz CT molecular complexity index is 388. The molecular formula is C11H10Cl2O2. The van der Waals surface area contributed by atoms with Crippen molar-refractivity contribution in [2.24, 2.45) is 5.92 Å². The molecular weight excluding hydrogens is 235 g/mol. The second-order valence-electron chi connectivity index (χ2n) is 3.61. The van der Waals surface area contributed by atoms with Crippen molar-refractivity contribution in [3.63, 3.8) is 0 Å². The van der Waals surface area contributed by atoms with Gasteiger partial charge in [-0.15, -0.1) is 0 Å². The summed E-state index contributed by atoms with van der Waals surface area (Å²) in [6.45, 7) is 0. The third-order valence-electron chi connectivity index (χ3n) is 2.44. The molecule has 0 unspecified atom stereocenters. The normalized spacial score (nSPS) is 15.1. The quantitative estimate of drug-likeness (QED) is 0.760. The summed E-state index contributed by atoms with van der Waals surface area (Å²) in [5, 5.41) is 0.767. The fourth-order valence-electron chi connectivity index (χ4n) is 1.48. The van der Waals surface area contributed by atoms with Crippen molar-refractivity contribution in [2.45, 2.75) is 12.8 Å². The van der Waals surface area contributed by atoms with E-state index in [0.29, 0.717) is 21.4 Å². The molecule has 1 aromatic carbocycles. The number of methoxy groups -OCH3 is 1. The van der Waals surface area contributed by atoms with Crippen LogP contribution in [0.15, 0.2) is 12.1 Å². The summed E-state index contributed by atoms with van der Waals surface area (Å²) in [6.07, 6.45) is 1.94. The molecule has 0 amide bonds. The highest BCUT2D eigenvalue weighted by Gasteiger charge is 2.31. The van der Waals surface area contributed by atoms with Crippen LogP contribution in [0.25, 0.3) is 0 Å². The van der Waals surface area contributed by atoms with Crippen LogP contribution in [0.2, 0.25) is 10.0 Å². The Kier molecular flexibility index (Phi) is 2.89.